The van der Waals surface area contributed by atoms with Crippen LogP contribution < -0.4 is 14.4 Å². The van der Waals surface area contributed by atoms with E-state index in [9.17, 15) is 14.4 Å². The molecule has 3 amide bonds. The molecule has 8 nitrogen and oxygen atoms in total. The molecular weight excluding hydrogens is 594 g/mol. The van der Waals surface area contributed by atoms with E-state index in [1.807, 2.05) is 60.7 Å². The molecule has 2 fully saturated rings. The molecule has 0 radical (unpaired) electrons. The number of imide groups is 1. The Bertz CT molecular complexity index is 1430. The van der Waals surface area contributed by atoms with Gasteiger partial charge in [0.1, 0.15) is 13.2 Å². The lowest BCUT2D eigenvalue weighted by molar-refractivity contribution is -0.136. The fraction of sp³-hybridized carbons (Fsp3) is 0.233. The Morgan fingerprint density at radius 3 is 2.33 bits per heavy atom. The Kier molecular flexibility index (Phi) is 8.76. The van der Waals surface area contributed by atoms with E-state index in [1.54, 1.807) is 30.2 Å². The first kappa shape index (κ1) is 27.8. The molecule has 0 N–H and O–H groups in total. The van der Waals surface area contributed by atoms with Crippen molar-refractivity contribution in [3.05, 3.63) is 93.3 Å². The van der Waals surface area contributed by atoms with E-state index < -0.39 is 11.1 Å². The highest BCUT2D eigenvalue weighted by Crippen LogP contribution is 2.39. The third-order valence-corrected chi connectivity index (χ3v) is 8.19. The van der Waals surface area contributed by atoms with Gasteiger partial charge < -0.3 is 19.3 Å². The minimum atomic E-state index is -0.481. The topological polar surface area (TPSA) is 79.4 Å². The summed E-state index contributed by atoms with van der Waals surface area (Å²) in [7, 11) is 1.54. The number of rotatable bonds is 8. The largest absolute Gasteiger partial charge is 0.493 e. The van der Waals surface area contributed by atoms with Crippen molar-refractivity contribution in [2.45, 2.75) is 6.61 Å². The van der Waals surface area contributed by atoms with Crippen LogP contribution in [-0.4, -0.2) is 66.7 Å². The number of piperazine rings is 1. The average Bonchev–Trinajstić information content (AvgIpc) is 3.24. The quantitative estimate of drug-likeness (QED) is 0.311. The number of thioether (sulfide) groups is 1. The van der Waals surface area contributed by atoms with Crippen LogP contribution in [0.4, 0.5) is 10.5 Å². The van der Waals surface area contributed by atoms with Gasteiger partial charge in [0.05, 0.1) is 16.5 Å². The van der Waals surface area contributed by atoms with E-state index in [4.69, 9.17) is 9.47 Å². The maximum Gasteiger partial charge on any atom is 0.294 e. The fourth-order valence-electron chi connectivity index (χ4n) is 4.57. The number of hydrogen-bond donors (Lipinski definition) is 0. The highest BCUT2D eigenvalue weighted by Gasteiger charge is 2.37. The number of carbonyl (C=O) groups is 3. The molecule has 3 aromatic rings. The SMILES string of the molecule is COc1cc(/C=C2/SC(=O)N(CC(=O)N3CCN(c4ccccc4)CC3)C2=O)cc(Br)c1OCc1ccccc1. The zero-order chi connectivity index (χ0) is 28.1. The van der Waals surface area contributed by atoms with Crippen LogP contribution in [0.3, 0.4) is 0 Å². The highest BCUT2D eigenvalue weighted by atomic mass is 79.9. The van der Waals surface area contributed by atoms with Crippen molar-refractivity contribution >= 4 is 56.5 Å². The summed E-state index contributed by atoms with van der Waals surface area (Å²) in [5.74, 6) is 0.307. The molecule has 40 heavy (non-hydrogen) atoms. The van der Waals surface area contributed by atoms with E-state index in [-0.39, 0.29) is 17.4 Å². The van der Waals surface area contributed by atoms with Crippen LogP contribution in [0.1, 0.15) is 11.1 Å². The number of carbonyl (C=O) groups excluding carboxylic acids is 3. The van der Waals surface area contributed by atoms with Crippen molar-refractivity contribution in [2.24, 2.45) is 0 Å². The third-order valence-electron chi connectivity index (χ3n) is 6.70. The van der Waals surface area contributed by atoms with Crippen molar-refractivity contribution < 1.29 is 23.9 Å². The van der Waals surface area contributed by atoms with Gasteiger partial charge in [0.25, 0.3) is 11.1 Å². The molecule has 0 aromatic heterocycles. The van der Waals surface area contributed by atoms with Crippen LogP contribution in [0.25, 0.3) is 6.08 Å². The molecule has 0 spiro atoms. The van der Waals surface area contributed by atoms with Crippen LogP contribution in [-0.2, 0) is 16.2 Å². The zero-order valence-electron chi connectivity index (χ0n) is 21.9. The summed E-state index contributed by atoms with van der Waals surface area (Å²) in [6.07, 6.45) is 1.63. The van der Waals surface area contributed by atoms with Gasteiger partial charge in [-0.05, 0) is 69.2 Å². The molecule has 2 saturated heterocycles. The van der Waals surface area contributed by atoms with Crippen molar-refractivity contribution in [1.29, 1.82) is 0 Å². The number of anilines is 1. The van der Waals surface area contributed by atoms with Crippen molar-refractivity contribution in [1.82, 2.24) is 9.80 Å². The first-order chi connectivity index (χ1) is 19.4. The van der Waals surface area contributed by atoms with Crippen LogP contribution in [0.5, 0.6) is 11.5 Å². The van der Waals surface area contributed by atoms with E-state index in [2.05, 4.69) is 20.8 Å². The normalized spacial score (nSPS) is 16.6. The number of benzene rings is 3. The smallest absolute Gasteiger partial charge is 0.294 e. The van der Waals surface area contributed by atoms with Gasteiger partial charge in [-0.15, -0.1) is 0 Å². The highest BCUT2D eigenvalue weighted by molar-refractivity contribution is 9.10. The van der Waals surface area contributed by atoms with Crippen LogP contribution in [0, 0.1) is 0 Å². The van der Waals surface area contributed by atoms with E-state index in [0.717, 1.165) is 27.9 Å². The lowest BCUT2D eigenvalue weighted by atomic mass is 10.1. The number of ether oxygens (including phenoxy) is 2. The molecule has 2 aliphatic heterocycles. The molecule has 0 atom stereocenters. The predicted octanol–water partition coefficient (Wildman–Crippen LogP) is 5.42. The summed E-state index contributed by atoms with van der Waals surface area (Å²) in [5.41, 5.74) is 2.79. The molecule has 206 valence electrons. The van der Waals surface area contributed by atoms with Crippen molar-refractivity contribution in [3.8, 4) is 11.5 Å². The molecule has 0 aliphatic carbocycles. The van der Waals surface area contributed by atoms with E-state index in [0.29, 0.717) is 54.3 Å². The second kappa shape index (κ2) is 12.6. The van der Waals surface area contributed by atoms with Gasteiger partial charge in [-0.3, -0.25) is 19.3 Å². The molecular formula is C30H28BrN3O5S. The van der Waals surface area contributed by atoms with Crippen molar-refractivity contribution in [2.75, 3.05) is 44.7 Å². The summed E-state index contributed by atoms with van der Waals surface area (Å²) in [6.45, 7) is 2.55. The summed E-state index contributed by atoms with van der Waals surface area (Å²) in [6, 6.07) is 23.4. The number of amides is 3. The van der Waals surface area contributed by atoms with Gasteiger partial charge >= 0.3 is 0 Å². The maximum atomic E-state index is 13.1. The van der Waals surface area contributed by atoms with Gasteiger partial charge in [-0.25, -0.2) is 0 Å². The second-order valence-electron chi connectivity index (χ2n) is 9.28. The maximum absolute atomic E-state index is 13.1. The molecule has 10 heteroatoms. The van der Waals surface area contributed by atoms with Crippen LogP contribution >= 0.6 is 27.7 Å². The number of para-hydroxylation sites is 1. The van der Waals surface area contributed by atoms with Crippen LogP contribution in [0.15, 0.2) is 82.2 Å². The Morgan fingerprint density at radius 2 is 1.65 bits per heavy atom. The average molecular weight is 623 g/mol. The van der Waals surface area contributed by atoms with Crippen LogP contribution in [0.2, 0.25) is 0 Å². The molecule has 0 unspecified atom stereocenters. The monoisotopic (exact) mass is 621 g/mol. The molecule has 2 heterocycles. The van der Waals surface area contributed by atoms with Gasteiger partial charge in [-0.1, -0.05) is 48.5 Å². The Balaban J connectivity index is 1.22. The van der Waals surface area contributed by atoms with Gasteiger partial charge in [0.2, 0.25) is 5.91 Å². The minimum absolute atomic E-state index is 0.236. The third kappa shape index (κ3) is 6.34. The first-order valence-electron chi connectivity index (χ1n) is 12.8. The van der Waals surface area contributed by atoms with E-state index >= 15 is 0 Å². The van der Waals surface area contributed by atoms with Gasteiger partial charge in [-0.2, -0.15) is 0 Å². The number of nitrogens with zero attached hydrogens (tertiary/aromatic N) is 3. The Labute approximate surface area is 245 Å². The second-order valence-corrected chi connectivity index (χ2v) is 11.1. The molecule has 3 aromatic carbocycles. The summed E-state index contributed by atoms with van der Waals surface area (Å²) >= 11 is 4.37. The summed E-state index contributed by atoms with van der Waals surface area (Å²) < 4.78 is 12.2. The Hall–Kier alpha value is -3.76. The lowest BCUT2D eigenvalue weighted by Gasteiger charge is -2.36. The summed E-state index contributed by atoms with van der Waals surface area (Å²) in [4.78, 5) is 44.0. The number of halogens is 1. The minimum Gasteiger partial charge on any atom is -0.493 e. The van der Waals surface area contributed by atoms with Gasteiger partial charge in [0, 0.05) is 31.9 Å². The standard InChI is InChI=1S/C30H28BrN3O5S/c1-38-25-17-22(16-24(31)28(25)39-20-21-8-4-2-5-9-21)18-26-29(36)34(30(37)40-26)19-27(35)33-14-12-32(13-15-33)23-10-6-3-7-11-23/h2-11,16-18H,12-15,19-20H2,1H3/b26-18+. The fourth-order valence-corrected chi connectivity index (χ4v) is 5.98. The lowest BCUT2D eigenvalue weighted by Crippen LogP contribution is -2.51. The molecule has 2 aliphatic rings. The molecule has 0 saturated carbocycles. The number of hydrogen-bond acceptors (Lipinski definition) is 7. The first-order valence-corrected chi connectivity index (χ1v) is 14.4. The molecule has 5 rings (SSSR count). The zero-order valence-corrected chi connectivity index (χ0v) is 24.3. The van der Waals surface area contributed by atoms with Crippen molar-refractivity contribution in [3.63, 3.8) is 0 Å². The number of methoxy groups -OCH3 is 1. The predicted molar refractivity (Wildman–Crippen MR) is 159 cm³/mol. The summed E-state index contributed by atoms with van der Waals surface area (Å²) in [5, 5.41) is -0.457. The Morgan fingerprint density at radius 1 is 0.975 bits per heavy atom. The van der Waals surface area contributed by atoms with Gasteiger partial charge in [0.15, 0.2) is 11.5 Å². The molecule has 0 bridgehead atoms. The van der Waals surface area contributed by atoms with E-state index in [1.165, 1.54) is 0 Å².